The molecule has 0 saturated carbocycles. The Morgan fingerprint density at radius 2 is 2.33 bits per heavy atom. The molecule has 3 rings (SSSR count). The van der Waals surface area contributed by atoms with Crippen LogP contribution in [-0.4, -0.2) is 19.6 Å². The molecule has 0 saturated heterocycles. The van der Waals surface area contributed by atoms with E-state index in [9.17, 15) is 0 Å². The minimum atomic E-state index is 0.403. The van der Waals surface area contributed by atoms with Crippen LogP contribution >= 0.6 is 22.9 Å². The summed E-state index contributed by atoms with van der Waals surface area (Å²) in [6, 6.07) is 1.74. The molecule has 0 radical (unpaired) electrons. The zero-order valence-electron chi connectivity index (χ0n) is 9.59. The van der Waals surface area contributed by atoms with Gasteiger partial charge in [0.25, 0.3) is 5.78 Å². The summed E-state index contributed by atoms with van der Waals surface area (Å²) in [6.07, 6.45) is 1.46. The third-order valence-electron chi connectivity index (χ3n) is 2.64. The summed E-state index contributed by atoms with van der Waals surface area (Å²) in [6.45, 7) is 2.82. The van der Waals surface area contributed by atoms with E-state index in [0.29, 0.717) is 10.9 Å². The van der Waals surface area contributed by atoms with Crippen molar-refractivity contribution in [2.45, 2.75) is 13.5 Å². The minimum absolute atomic E-state index is 0.403. The number of halogens is 1. The van der Waals surface area contributed by atoms with Gasteiger partial charge >= 0.3 is 0 Å². The second-order valence-electron chi connectivity index (χ2n) is 3.87. The highest BCUT2D eigenvalue weighted by molar-refractivity contribution is 7.08. The van der Waals surface area contributed by atoms with Crippen LogP contribution in [0.25, 0.3) is 5.78 Å². The monoisotopic (exact) mass is 279 g/mol. The van der Waals surface area contributed by atoms with Gasteiger partial charge in [-0.25, -0.2) is 0 Å². The number of rotatable bonds is 3. The van der Waals surface area contributed by atoms with Gasteiger partial charge in [0.15, 0.2) is 0 Å². The van der Waals surface area contributed by atoms with Crippen molar-refractivity contribution >= 4 is 34.5 Å². The van der Waals surface area contributed by atoms with Crippen molar-refractivity contribution in [3.63, 3.8) is 0 Å². The van der Waals surface area contributed by atoms with Crippen LogP contribution in [0.4, 0.5) is 5.82 Å². The van der Waals surface area contributed by atoms with Crippen molar-refractivity contribution in [1.82, 2.24) is 19.6 Å². The van der Waals surface area contributed by atoms with Gasteiger partial charge in [0.2, 0.25) is 0 Å². The summed E-state index contributed by atoms with van der Waals surface area (Å²) in [4.78, 5) is 8.10. The van der Waals surface area contributed by atoms with Crippen LogP contribution in [0.2, 0.25) is 5.15 Å². The molecular formula is C11H10ClN5S. The first-order chi connectivity index (χ1) is 8.74. The van der Waals surface area contributed by atoms with Crippen molar-refractivity contribution in [2.75, 3.05) is 5.32 Å². The fraction of sp³-hybridized carbons (Fsp3) is 0.182. The van der Waals surface area contributed by atoms with Gasteiger partial charge in [-0.2, -0.15) is 30.9 Å². The largest absolute Gasteiger partial charge is 0.366 e. The summed E-state index contributed by atoms with van der Waals surface area (Å²) in [5.41, 5.74) is 2.55. The van der Waals surface area contributed by atoms with E-state index in [1.807, 2.05) is 0 Å². The number of nitrogens with one attached hydrogen (secondary N) is 1. The second-order valence-corrected chi connectivity index (χ2v) is 5.00. The Morgan fingerprint density at radius 3 is 3.11 bits per heavy atom. The van der Waals surface area contributed by atoms with Crippen LogP contribution in [0.15, 0.2) is 23.2 Å². The number of hydrogen-bond donors (Lipinski definition) is 1. The lowest BCUT2D eigenvalue weighted by molar-refractivity contribution is 0.924. The molecule has 0 aliphatic rings. The van der Waals surface area contributed by atoms with Crippen LogP contribution in [-0.2, 0) is 6.54 Å². The molecule has 0 aromatic carbocycles. The van der Waals surface area contributed by atoms with Crippen LogP contribution in [0, 0.1) is 6.92 Å². The average Bonchev–Trinajstić information content (AvgIpc) is 2.94. The van der Waals surface area contributed by atoms with Gasteiger partial charge in [0.1, 0.15) is 17.3 Å². The Hall–Kier alpha value is -1.66. The summed E-state index contributed by atoms with van der Waals surface area (Å²) in [7, 11) is 0. The van der Waals surface area contributed by atoms with E-state index in [1.165, 1.54) is 17.5 Å². The molecule has 0 spiro atoms. The normalized spacial score (nSPS) is 11.0. The van der Waals surface area contributed by atoms with Crippen LogP contribution < -0.4 is 5.32 Å². The molecule has 0 amide bonds. The summed E-state index contributed by atoms with van der Waals surface area (Å²) < 4.78 is 1.63. The van der Waals surface area contributed by atoms with E-state index >= 15 is 0 Å². The SMILES string of the molecule is Cc1cscc1CNc1cc(Cl)nc2ncnn12. The Morgan fingerprint density at radius 1 is 1.44 bits per heavy atom. The maximum absolute atomic E-state index is 5.94. The molecular weight excluding hydrogens is 270 g/mol. The van der Waals surface area contributed by atoms with Gasteiger partial charge in [0, 0.05) is 12.6 Å². The predicted octanol–water partition coefficient (Wildman–Crippen LogP) is 2.76. The molecule has 92 valence electrons. The number of hydrogen-bond acceptors (Lipinski definition) is 5. The topological polar surface area (TPSA) is 55.1 Å². The predicted molar refractivity (Wildman–Crippen MR) is 72.2 cm³/mol. The number of aromatic nitrogens is 4. The smallest absolute Gasteiger partial charge is 0.255 e. The van der Waals surface area contributed by atoms with E-state index in [2.05, 4.69) is 38.1 Å². The summed E-state index contributed by atoms with van der Waals surface area (Å²) >= 11 is 7.64. The van der Waals surface area contributed by atoms with Crippen molar-refractivity contribution in [3.05, 3.63) is 39.4 Å². The molecule has 0 atom stereocenters. The van der Waals surface area contributed by atoms with E-state index in [4.69, 9.17) is 11.6 Å². The highest BCUT2D eigenvalue weighted by Crippen LogP contribution is 2.18. The van der Waals surface area contributed by atoms with Gasteiger partial charge in [-0.3, -0.25) is 0 Å². The zero-order valence-corrected chi connectivity index (χ0v) is 11.2. The number of anilines is 1. The quantitative estimate of drug-likeness (QED) is 0.749. The van der Waals surface area contributed by atoms with Crippen molar-refractivity contribution in [1.29, 1.82) is 0 Å². The maximum atomic E-state index is 5.94. The Balaban J connectivity index is 1.90. The van der Waals surface area contributed by atoms with Gasteiger partial charge in [-0.1, -0.05) is 11.6 Å². The second kappa shape index (κ2) is 4.55. The lowest BCUT2D eigenvalue weighted by Gasteiger charge is -2.07. The molecule has 1 N–H and O–H groups in total. The molecule has 0 unspecified atom stereocenters. The summed E-state index contributed by atoms with van der Waals surface area (Å²) in [5.74, 6) is 1.28. The van der Waals surface area contributed by atoms with Gasteiger partial charge in [0.05, 0.1) is 0 Å². The van der Waals surface area contributed by atoms with Crippen molar-refractivity contribution < 1.29 is 0 Å². The van der Waals surface area contributed by atoms with Crippen LogP contribution in [0.3, 0.4) is 0 Å². The molecule has 3 aromatic rings. The first kappa shape index (κ1) is 11.4. The molecule has 0 bridgehead atoms. The van der Waals surface area contributed by atoms with Gasteiger partial charge in [-0.15, -0.1) is 0 Å². The first-order valence-electron chi connectivity index (χ1n) is 5.36. The molecule has 3 heterocycles. The van der Waals surface area contributed by atoms with E-state index < -0.39 is 0 Å². The first-order valence-corrected chi connectivity index (χ1v) is 6.68. The third kappa shape index (κ3) is 2.04. The summed E-state index contributed by atoms with van der Waals surface area (Å²) in [5, 5.41) is 12.1. The fourth-order valence-corrected chi connectivity index (χ4v) is 2.70. The number of fused-ring (bicyclic) bond motifs is 1. The van der Waals surface area contributed by atoms with Gasteiger partial charge in [-0.05, 0) is 28.8 Å². The Kier molecular flexibility index (Phi) is 2.89. The molecule has 0 fully saturated rings. The van der Waals surface area contributed by atoms with Gasteiger partial charge < -0.3 is 5.32 Å². The lowest BCUT2D eigenvalue weighted by atomic mass is 10.2. The Bertz CT molecular complexity index is 690. The van der Waals surface area contributed by atoms with E-state index in [-0.39, 0.29) is 0 Å². The molecule has 3 aromatic heterocycles. The Labute approximate surface area is 112 Å². The number of aryl methyl sites for hydroxylation is 1. The van der Waals surface area contributed by atoms with E-state index in [0.717, 1.165) is 12.4 Å². The highest BCUT2D eigenvalue weighted by Gasteiger charge is 2.07. The highest BCUT2D eigenvalue weighted by atomic mass is 35.5. The van der Waals surface area contributed by atoms with Crippen LogP contribution in [0.5, 0.6) is 0 Å². The average molecular weight is 280 g/mol. The minimum Gasteiger partial charge on any atom is -0.366 e. The third-order valence-corrected chi connectivity index (χ3v) is 3.75. The standard InChI is InChI=1S/C11H10ClN5S/c1-7-4-18-5-8(7)3-13-10-2-9(12)16-11-14-6-15-17(10)11/h2,4-6,13H,3H2,1H3. The van der Waals surface area contributed by atoms with Crippen LogP contribution in [0.1, 0.15) is 11.1 Å². The maximum Gasteiger partial charge on any atom is 0.255 e. The van der Waals surface area contributed by atoms with Crippen molar-refractivity contribution in [2.24, 2.45) is 0 Å². The molecule has 7 heteroatoms. The van der Waals surface area contributed by atoms with E-state index in [1.54, 1.807) is 21.9 Å². The zero-order chi connectivity index (χ0) is 12.5. The fourth-order valence-electron chi connectivity index (χ4n) is 1.66. The molecule has 5 nitrogen and oxygen atoms in total. The molecule has 0 aliphatic heterocycles. The number of nitrogens with zero attached hydrogens (tertiary/aromatic N) is 4. The molecule has 0 aliphatic carbocycles. The van der Waals surface area contributed by atoms with Crippen molar-refractivity contribution in [3.8, 4) is 0 Å². The lowest BCUT2D eigenvalue weighted by Crippen LogP contribution is -2.06. The molecule has 18 heavy (non-hydrogen) atoms. The number of thiophene rings is 1.